The van der Waals surface area contributed by atoms with Gasteiger partial charge in [-0.1, -0.05) is 12.1 Å². The molecule has 9 rings (SSSR count). The summed E-state index contributed by atoms with van der Waals surface area (Å²) in [5.74, 6) is 0. The highest BCUT2D eigenvalue weighted by atomic mass is 19.4. The number of hydrogen-bond donors (Lipinski definition) is 0. The van der Waals surface area contributed by atoms with Crippen molar-refractivity contribution < 1.29 is 79.0 Å². The Balaban J connectivity index is 1.43. The van der Waals surface area contributed by atoms with Crippen LogP contribution in [-0.4, -0.2) is 9.13 Å². The van der Waals surface area contributed by atoms with Gasteiger partial charge in [0.15, 0.2) is 0 Å². The molecule has 0 bridgehead atoms. The van der Waals surface area contributed by atoms with Gasteiger partial charge in [-0.2, -0.15) is 84.3 Å². The number of fused-ring (bicyclic) bond motifs is 6. The molecule has 0 saturated carbocycles. The minimum absolute atomic E-state index is 0.174. The number of alkyl halides is 18. The average Bonchev–Trinajstić information content (AvgIpc) is 3.78. The van der Waals surface area contributed by atoms with Gasteiger partial charge < -0.3 is 9.13 Å². The van der Waals surface area contributed by atoms with E-state index in [2.05, 4.69) is 0 Å². The average molecular weight is 994 g/mol. The van der Waals surface area contributed by atoms with Gasteiger partial charge in [0.2, 0.25) is 0 Å². The van der Waals surface area contributed by atoms with E-state index < -0.39 is 97.9 Å². The number of hydrogen-bond acceptors (Lipinski definition) is 1. The minimum Gasteiger partial charge on any atom is -0.309 e. The van der Waals surface area contributed by atoms with Crippen LogP contribution < -0.4 is 0 Å². The number of nitrogens with zero attached hydrogens (tertiary/aromatic N) is 3. The van der Waals surface area contributed by atoms with Gasteiger partial charge in [0.25, 0.3) is 0 Å². The van der Waals surface area contributed by atoms with Crippen molar-refractivity contribution >= 4 is 43.6 Å². The van der Waals surface area contributed by atoms with Crippen molar-refractivity contribution in [1.29, 1.82) is 5.26 Å². The maximum absolute atomic E-state index is 15.0. The third-order valence-corrected chi connectivity index (χ3v) is 11.7. The van der Waals surface area contributed by atoms with E-state index in [4.69, 9.17) is 0 Å². The monoisotopic (exact) mass is 993 g/mol. The summed E-state index contributed by atoms with van der Waals surface area (Å²) in [5.41, 5.74) is -12.4. The highest BCUT2D eigenvalue weighted by Gasteiger charge is 2.40. The Labute approximate surface area is 379 Å². The van der Waals surface area contributed by atoms with Crippen molar-refractivity contribution in [3.05, 3.63) is 166 Å². The topological polar surface area (TPSA) is 33.6 Å². The van der Waals surface area contributed by atoms with Crippen LogP contribution >= 0.6 is 0 Å². The normalized spacial score (nSPS) is 13.3. The zero-order valence-electron chi connectivity index (χ0n) is 34.3. The largest absolute Gasteiger partial charge is 0.417 e. The number of benzene rings is 7. The molecule has 2 heterocycles. The zero-order chi connectivity index (χ0) is 50.8. The third kappa shape index (κ3) is 8.17. The smallest absolute Gasteiger partial charge is 0.309 e. The molecule has 0 aliphatic carbocycles. The summed E-state index contributed by atoms with van der Waals surface area (Å²) in [5, 5.41) is 8.59. The van der Waals surface area contributed by atoms with E-state index in [9.17, 15) is 84.3 Å². The standard InChI is InChI=1S/C49H21F18N3/c50-44(51,52)24-3-11-39-34(16-24)35-17-25(45(53,54)55)4-12-40(35)69(39)29-7-9-30(31-8-2-28(48(62,63)64)20-38(31)49(65,66)67)32(21-29)33-15-23(22-68)1-10-41(33)70-42-13-5-26(46(56,57)58)18-36(42)37-19-27(47(59,60)61)6-14-43(37)70/h1-21H. The Kier molecular flexibility index (Phi) is 10.6. The van der Waals surface area contributed by atoms with Crippen LogP contribution in [0, 0.1) is 11.3 Å². The first-order valence-corrected chi connectivity index (χ1v) is 19.9. The van der Waals surface area contributed by atoms with E-state index in [0.29, 0.717) is 60.7 Å². The van der Waals surface area contributed by atoms with E-state index in [1.54, 1.807) is 0 Å². The second-order valence-corrected chi connectivity index (χ2v) is 15.9. The SMILES string of the molecule is N#Cc1ccc(-n2c3ccc(C(F)(F)F)cc3c3cc(C(F)(F)F)ccc32)c(-c2cc(-n3c4ccc(C(F)(F)F)cc4c4cc(C(F)(F)F)ccc43)ccc2-c2ccc(C(F)(F)F)cc2C(F)(F)F)c1. The first-order chi connectivity index (χ1) is 32.4. The first-order valence-electron chi connectivity index (χ1n) is 19.9. The Hall–Kier alpha value is -7.63. The van der Waals surface area contributed by atoms with Crippen LogP contribution in [-0.2, 0) is 37.1 Å². The van der Waals surface area contributed by atoms with E-state index in [0.717, 1.165) is 69.8 Å². The summed E-state index contributed by atoms with van der Waals surface area (Å²) in [6.45, 7) is 0. The lowest BCUT2D eigenvalue weighted by molar-refractivity contribution is -0.143. The van der Waals surface area contributed by atoms with Crippen molar-refractivity contribution in [3.8, 4) is 39.7 Å². The third-order valence-electron chi connectivity index (χ3n) is 11.7. The molecule has 0 amide bonds. The zero-order valence-corrected chi connectivity index (χ0v) is 34.3. The molecule has 0 aliphatic heterocycles. The van der Waals surface area contributed by atoms with Gasteiger partial charge in [-0.15, -0.1) is 0 Å². The van der Waals surface area contributed by atoms with Gasteiger partial charge in [-0.05, 0) is 132 Å². The molecule has 70 heavy (non-hydrogen) atoms. The second-order valence-electron chi connectivity index (χ2n) is 15.9. The summed E-state index contributed by atoms with van der Waals surface area (Å²) in [6.07, 6.45) is -30.9. The summed E-state index contributed by atoms with van der Waals surface area (Å²) in [6, 6.07) is 17.4. The van der Waals surface area contributed by atoms with Gasteiger partial charge in [0, 0.05) is 32.8 Å². The summed E-state index contributed by atoms with van der Waals surface area (Å²) < 4.78 is 258. The second kappa shape index (κ2) is 15.7. The molecule has 3 nitrogen and oxygen atoms in total. The predicted octanol–water partition coefficient (Wildman–Crippen LogP) is 17.2. The van der Waals surface area contributed by atoms with Gasteiger partial charge in [-0.25, -0.2) is 0 Å². The maximum atomic E-state index is 15.0. The van der Waals surface area contributed by atoms with Crippen LogP contribution in [0.4, 0.5) is 79.0 Å². The Morgan fingerprint density at radius 3 is 1.07 bits per heavy atom. The van der Waals surface area contributed by atoms with Crippen molar-refractivity contribution in [2.75, 3.05) is 0 Å². The molecule has 358 valence electrons. The van der Waals surface area contributed by atoms with Crippen molar-refractivity contribution in [3.63, 3.8) is 0 Å². The number of rotatable bonds is 4. The van der Waals surface area contributed by atoms with E-state index in [1.165, 1.54) is 0 Å². The fourth-order valence-corrected chi connectivity index (χ4v) is 8.62. The molecule has 2 aromatic heterocycles. The van der Waals surface area contributed by atoms with Crippen LogP contribution in [0.2, 0.25) is 0 Å². The molecule has 0 radical (unpaired) electrons. The lowest BCUT2D eigenvalue weighted by atomic mass is 9.88. The van der Waals surface area contributed by atoms with Crippen LogP contribution in [0.25, 0.3) is 77.2 Å². The highest BCUT2D eigenvalue weighted by molar-refractivity contribution is 6.12. The number of halogens is 18. The lowest BCUT2D eigenvalue weighted by Crippen LogP contribution is -2.12. The molecular formula is C49H21F18N3. The molecule has 7 aromatic carbocycles. The molecule has 21 heteroatoms. The maximum Gasteiger partial charge on any atom is 0.417 e. The van der Waals surface area contributed by atoms with Crippen molar-refractivity contribution in [2.24, 2.45) is 0 Å². The molecular weight excluding hydrogens is 973 g/mol. The highest BCUT2D eigenvalue weighted by Crippen LogP contribution is 2.48. The van der Waals surface area contributed by atoms with Gasteiger partial charge in [0.05, 0.1) is 72.8 Å². The van der Waals surface area contributed by atoms with Crippen LogP contribution in [0.1, 0.15) is 38.9 Å². The first kappa shape index (κ1) is 47.4. The summed E-state index contributed by atoms with van der Waals surface area (Å²) in [7, 11) is 0. The fourth-order valence-electron chi connectivity index (χ4n) is 8.62. The van der Waals surface area contributed by atoms with E-state index >= 15 is 0 Å². The fraction of sp³-hybridized carbons (Fsp3) is 0.122. The molecule has 9 aromatic rings. The molecule has 0 aliphatic rings. The van der Waals surface area contributed by atoms with Crippen LogP contribution in [0.5, 0.6) is 0 Å². The van der Waals surface area contributed by atoms with E-state index in [1.807, 2.05) is 6.07 Å². The minimum atomic E-state index is -5.53. The van der Waals surface area contributed by atoms with Crippen molar-refractivity contribution in [1.82, 2.24) is 9.13 Å². The molecule has 0 fully saturated rings. The van der Waals surface area contributed by atoms with Crippen LogP contribution in [0.3, 0.4) is 0 Å². The van der Waals surface area contributed by atoms with E-state index in [-0.39, 0.29) is 61.4 Å². The predicted molar refractivity (Wildman–Crippen MR) is 221 cm³/mol. The van der Waals surface area contributed by atoms with Gasteiger partial charge >= 0.3 is 37.1 Å². The number of nitriles is 1. The molecule has 0 atom stereocenters. The molecule has 0 spiro atoms. The molecule has 0 unspecified atom stereocenters. The summed E-state index contributed by atoms with van der Waals surface area (Å²) in [4.78, 5) is 0. The Morgan fingerprint density at radius 1 is 0.314 bits per heavy atom. The van der Waals surface area contributed by atoms with Crippen LogP contribution in [0.15, 0.2) is 127 Å². The van der Waals surface area contributed by atoms with Crippen molar-refractivity contribution in [2.45, 2.75) is 37.1 Å². The number of aromatic nitrogens is 2. The molecule has 0 saturated heterocycles. The Morgan fingerprint density at radius 2 is 0.686 bits per heavy atom. The molecule has 0 N–H and O–H groups in total. The Bertz CT molecular complexity index is 3500. The lowest BCUT2D eigenvalue weighted by Gasteiger charge is -2.22. The van der Waals surface area contributed by atoms with Gasteiger partial charge in [0.1, 0.15) is 0 Å². The quantitative estimate of drug-likeness (QED) is 0.162. The van der Waals surface area contributed by atoms with Gasteiger partial charge in [-0.3, -0.25) is 0 Å². The summed E-state index contributed by atoms with van der Waals surface area (Å²) >= 11 is 0.